The fourth-order valence-electron chi connectivity index (χ4n) is 1.80. The van der Waals surface area contributed by atoms with Crippen LogP contribution in [-0.2, 0) is 4.79 Å². The van der Waals surface area contributed by atoms with Crippen molar-refractivity contribution < 1.29 is 14.3 Å². The zero-order valence-electron chi connectivity index (χ0n) is 12.1. The topological polar surface area (TPSA) is 47.6 Å². The molecule has 0 spiro atoms. The minimum atomic E-state index is -0.747. The Morgan fingerprint density at radius 1 is 1.05 bits per heavy atom. The summed E-state index contributed by atoms with van der Waals surface area (Å²) in [7, 11) is 1.54. The maximum atomic E-state index is 12.2. The number of methoxy groups -OCH3 is 1. The average molecular weight is 340 g/mol. The van der Waals surface area contributed by atoms with Crippen LogP contribution >= 0.6 is 23.2 Å². The molecule has 4 nitrogen and oxygen atoms in total. The second-order valence-electron chi connectivity index (χ2n) is 4.50. The molecule has 2 aromatic carbocycles. The Balaban J connectivity index is 2.10. The van der Waals surface area contributed by atoms with Crippen LogP contribution in [0.15, 0.2) is 42.5 Å². The Hall–Kier alpha value is -1.91. The molecule has 0 saturated carbocycles. The molecular formula is C16H15Cl2NO3. The first-order valence-corrected chi connectivity index (χ1v) is 7.33. The predicted molar refractivity (Wildman–Crippen MR) is 88.2 cm³/mol. The molecule has 0 bridgehead atoms. The van der Waals surface area contributed by atoms with E-state index in [1.165, 1.54) is 7.11 Å². The number of anilines is 1. The van der Waals surface area contributed by atoms with E-state index in [-0.39, 0.29) is 5.91 Å². The van der Waals surface area contributed by atoms with E-state index in [1.54, 1.807) is 43.3 Å². The van der Waals surface area contributed by atoms with E-state index in [4.69, 9.17) is 32.7 Å². The molecule has 2 rings (SSSR count). The summed E-state index contributed by atoms with van der Waals surface area (Å²) in [6.07, 6.45) is -0.747. The van der Waals surface area contributed by atoms with Gasteiger partial charge in [0, 0.05) is 0 Å². The quantitative estimate of drug-likeness (QED) is 0.877. The highest BCUT2D eigenvalue weighted by molar-refractivity contribution is 6.39. The summed E-state index contributed by atoms with van der Waals surface area (Å²) in [5, 5.41) is 3.40. The highest BCUT2D eigenvalue weighted by Gasteiger charge is 2.19. The van der Waals surface area contributed by atoms with Crippen LogP contribution in [0.3, 0.4) is 0 Å². The van der Waals surface area contributed by atoms with Crippen molar-refractivity contribution in [2.24, 2.45) is 0 Å². The summed E-state index contributed by atoms with van der Waals surface area (Å²) < 4.78 is 10.8. The number of para-hydroxylation sites is 3. The van der Waals surface area contributed by atoms with Gasteiger partial charge in [0.05, 0.1) is 22.8 Å². The summed E-state index contributed by atoms with van der Waals surface area (Å²) in [4.78, 5) is 12.2. The number of ether oxygens (including phenoxy) is 2. The first-order valence-electron chi connectivity index (χ1n) is 6.57. The Labute approximate surface area is 138 Å². The highest BCUT2D eigenvalue weighted by atomic mass is 35.5. The van der Waals surface area contributed by atoms with Crippen LogP contribution in [0.1, 0.15) is 6.92 Å². The molecule has 0 aromatic heterocycles. The monoisotopic (exact) mass is 339 g/mol. The van der Waals surface area contributed by atoms with Gasteiger partial charge in [0.25, 0.3) is 5.91 Å². The summed E-state index contributed by atoms with van der Waals surface area (Å²) in [5.41, 5.74) is 0.367. The Morgan fingerprint density at radius 3 is 2.23 bits per heavy atom. The van der Waals surface area contributed by atoms with Crippen LogP contribution in [-0.4, -0.2) is 19.1 Å². The predicted octanol–water partition coefficient (Wildman–Crippen LogP) is 4.41. The van der Waals surface area contributed by atoms with Crippen molar-refractivity contribution in [3.8, 4) is 11.5 Å². The van der Waals surface area contributed by atoms with E-state index in [1.807, 2.05) is 6.07 Å². The van der Waals surface area contributed by atoms with Crippen LogP contribution < -0.4 is 14.8 Å². The molecule has 0 heterocycles. The number of halogens is 2. The van der Waals surface area contributed by atoms with Crippen LogP contribution in [0.2, 0.25) is 10.0 Å². The van der Waals surface area contributed by atoms with Gasteiger partial charge < -0.3 is 14.8 Å². The van der Waals surface area contributed by atoms with Gasteiger partial charge in [-0.1, -0.05) is 41.4 Å². The summed E-state index contributed by atoms with van der Waals surface area (Å²) in [6.45, 7) is 1.63. The van der Waals surface area contributed by atoms with Crippen molar-refractivity contribution in [2.45, 2.75) is 13.0 Å². The Bertz CT molecular complexity index is 656. The summed E-state index contributed by atoms with van der Waals surface area (Å²) in [6, 6.07) is 12.1. The van der Waals surface area contributed by atoms with Gasteiger partial charge in [0.1, 0.15) is 0 Å². The number of benzene rings is 2. The minimum Gasteiger partial charge on any atom is -0.493 e. The van der Waals surface area contributed by atoms with E-state index in [0.29, 0.717) is 27.2 Å². The molecule has 1 atom stereocenters. The van der Waals surface area contributed by atoms with Crippen molar-refractivity contribution in [1.82, 2.24) is 0 Å². The number of carbonyl (C=O) groups is 1. The second-order valence-corrected chi connectivity index (χ2v) is 5.31. The third-order valence-corrected chi connectivity index (χ3v) is 3.58. The standard InChI is InChI=1S/C16H15Cl2NO3/c1-10(22-14-9-4-3-8-13(14)21-2)16(20)19-15-11(17)6-5-7-12(15)18/h3-10H,1-2H3,(H,19,20). The third kappa shape index (κ3) is 3.84. The largest absolute Gasteiger partial charge is 0.493 e. The van der Waals surface area contributed by atoms with Gasteiger partial charge in [-0.15, -0.1) is 0 Å². The molecule has 0 radical (unpaired) electrons. The molecule has 0 aliphatic rings. The fraction of sp³-hybridized carbons (Fsp3) is 0.188. The number of hydrogen-bond acceptors (Lipinski definition) is 3. The van der Waals surface area contributed by atoms with Crippen LogP contribution in [0, 0.1) is 0 Å². The molecule has 116 valence electrons. The third-order valence-electron chi connectivity index (χ3n) is 2.95. The lowest BCUT2D eigenvalue weighted by Crippen LogP contribution is -2.30. The average Bonchev–Trinajstić information content (AvgIpc) is 2.51. The van der Waals surface area contributed by atoms with Gasteiger partial charge in [-0.3, -0.25) is 4.79 Å². The van der Waals surface area contributed by atoms with E-state index in [9.17, 15) is 4.79 Å². The summed E-state index contributed by atoms with van der Waals surface area (Å²) >= 11 is 12.1. The van der Waals surface area contributed by atoms with Gasteiger partial charge in [-0.25, -0.2) is 0 Å². The number of hydrogen-bond donors (Lipinski definition) is 1. The molecular weight excluding hydrogens is 325 g/mol. The summed E-state index contributed by atoms with van der Waals surface area (Å²) in [5.74, 6) is 0.678. The smallest absolute Gasteiger partial charge is 0.265 e. The second kappa shape index (κ2) is 7.38. The van der Waals surface area contributed by atoms with Crippen molar-refractivity contribution >= 4 is 34.8 Å². The van der Waals surface area contributed by atoms with E-state index < -0.39 is 6.10 Å². The van der Waals surface area contributed by atoms with Gasteiger partial charge >= 0.3 is 0 Å². The number of carbonyl (C=O) groups excluding carboxylic acids is 1. The number of nitrogens with one attached hydrogen (secondary N) is 1. The molecule has 0 saturated heterocycles. The Kier molecular flexibility index (Phi) is 5.52. The van der Waals surface area contributed by atoms with Crippen molar-refractivity contribution in [1.29, 1.82) is 0 Å². The molecule has 2 aromatic rings. The van der Waals surface area contributed by atoms with E-state index in [0.717, 1.165) is 0 Å². The first-order chi connectivity index (χ1) is 10.5. The first kappa shape index (κ1) is 16.5. The normalized spacial score (nSPS) is 11.6. The molecule has 1 N–H and O–H groups in total. The molecule has 6 heteroatoms. The van der Waals surface area contributed by atoms with Gasteiger partial charge in [-0.05, 0) is 31.2 Å². The van der Waals surface area contributed by atoms with Crippen LogP contribution in [0.25, 0.3) is 0 Å². The van der Waals surface area contributed by atoms with E-state index >= 15 is 0 Å². The molecule has 0 fully saturated rings. The number of rotatable bonds is 5. The molecule has 0 aliphatic heterocycles. The molecule has 1 amide bonds. The zero-order chi connectivity index (χ0) is 16.1. The highest BCUT2D eigenvalue weighted by Crippen LogP contribution is 2.31. The zero-order valence-corrected chi connectivity index (χ0v) is 13.6. The lowest BCUT2D eigenvalue weighted by atomic mass is 10.2. The maximum absolute atomic E-state index is 12.2. The molecule has 0 aliphatic carbocycles. The molecule has 22 heavy (non-hydrogen) atoms. The van der Waals surface area contributed by atoms with Crippen LogP contribution in [0.4, 0.5) is 5.69 Å². The van der Waals surface area contributed by atoms with E-state index in [2.05, 4.69) is 5.32 Å². The van der Waals surface area contributed by atoms with Crippen molar-refractivity contribution in [3.05, 3.63) is 52.5 Å². The minimum absolute atomic E-state index is 0.360. The molecule has 1 unspecified atom stereocenters. The fourth-order valence-corrected chi connectivity index (χ4v) is 2.29. The van der Waals surface area contributed by atoms with Gasteiger partial charge in [-0.2, -0.15) is 0 Å². The van der Waals surface area contributed by atoms with Crippen LogP contribution in [0.5, 0.6) is 11.5 Å². The van der Waals surface area contributed by atoms with Crippen molar-refractivity contribution in [3.63, 3.8) is 0 Å². The van der Waals surface area contributed by atoms with Gasteiger partial charge in [0.2, 0.25) is 0 Å². The number of amides is 1. The lowest BCUT2D eigenvalue weighted by Gasteiger charge is -2.17. The van der Waals surface area contributed by atoms with Crippen molar-refractivity contribution in [2.75, 3.05) is 12.4 Å². The van der Waals surface area contributed by atoms with Gasteiger partial charge in [0.15, 0.2) is 17.6 Å². The SMILES string of the molecule is COc1ccccc1OC(C)C(=O)Nc1c(Cl)cccc1Cl. The lowest BCUT2D eigenvalue weighted by molar-refractivity contribution is -0.122. The maximum Gasteiger partial charge on any atom is 0.265 e. The Morgan fingerprint density at radius 2 is 1.64 bits per heavy atom.